The van der Waals surface area contributed by atoms with Crippen LogP contribution < -0.4 is 5.32 Å². The fourth-order valence-corrected chi connectivity index (χ4v) is 4.55. The zero-order valence-electron chi connectivity index (χ0n) is 20.4. The van der Waals surface area contributed by atoms with E-state index in [1.165, 1.54) is 0 Å². The minimum absolute atomic E-state index is 0.0353. The van der Waals surface area contributed by atoms with Gasteiger partial charge in [-0.05, 0) is 73.1 Å². The largest absolute Gasteiger partial charge is 0.352 e. The van der Waals surface area contributed by atoms with Gasteiger partial charge in [0.2, 0.25) is 0 Å². The molecule has 1 saturated heterocycles. The first-order valence-corrected chi connectivity index (χ1v) is 12.3. The number of fused-ring (bicyclic) bond motifs is 1. The quantitative estimate of drug-likeness (QED) is 0.537. The van der Waals surface area contributed by atoms with Crippen molar-refractivity contribution in [1.82, 2.24) is 20.0 Å². The maximum Gasteiger partial charge on any atom is 0.253 e. The second-order valence-corrected chi connectivity index (χ2v) is 10.9. The molecule has 4 rings (SSSR count). The number of carbonyl (C=O) groups is 2. The molecule has 7 heteroatoms. The van der Waals surface area contributed by atoms with Gasteiger partial charge in [-0.25, -0.2) is 0 Å². The van der Waals surface area contributed by atoms with Gasteiger partial charge in [-0.3, -0.25) is 14.3 Å². The van der Waals surface area contributed by atoms with Gasteiger partial charge in [0, 0.05) is 53.9 Å². The minimum Gasteiger partial charge on any atom is -0.352 e. The summed E-state index contributed by atoms with van der Waals surface area (Å²) >= 11 is 5.94. The number of rotatable bonds is 5. The normalized spacial score (nSPS) is 15.0. The van der Waals surface area contributed by atoms with Crippen LogP contribution in [0.5, 0.6) is 0 Å². The predicted molar refractivity (Wildman–Crippen MR) is 136 cm³/mol. The van der Waals surface area contributed by atoms with E-state index >= 15 is 0 Å². The van der Waals surface area contributed by atoms with Crippen LogP contribution in [0.2, 0.25) is 5.02 Å². The molecule has 2 amide bonds. The molecule has 2 heterocycles. The summed E-state index contributed by atoms with van der Waals surface area (Å²) in [6.07, 6.45) is 3.93. The molecule has 6 nitrogen and oxygen atoms in total. The molecular weight excluding hydrogens is 448 g/mol. The number of aromatic nitrogens is 2. The van der Waals surface area contributed by atoms with Gasteiger partial charge in [0.1, 0.15) is 0 Å². The van der Waals surface area contributed by atoms with Crippen LogP contribution in [0.1, 0.15) is 59.9 Å². The molecule has 0 spiro atoms. The number of carbonyl (C=O) groups excluding carboxylic acids is 2. The summed E-state index contributed by atoms with van der Waals surface area (Å²) in [7, 11) is 0. The highest BCUT2D eigenvalue weighted by Gasteiger charge is 2.24. The first-order valence-electron chi connectivity index (χ1n) is 11.9. The van der Waals surface area contributed by atoms with Crippen molar-refractivity contribution in [3.8, 4) is 0 Å². The molecule has 1 N–H and O–H groups in total. The average molecular weight is 481 g/mol. The van der Waals surface area contributed by atoms with Crippen LogP contribution in [0.15, 0.2) is 42.6 Å². The number of likely N-dealkylation sites (tertiary alicyclic amines) is 1. The predicted octanol–water partition coefficient (Wildman–Crippen LogP) is 5.33. The zero-order chi connectivity index (χ0) is 24.5. The van der Waals surface area contributed by atoms with E-state index in [2.05, 4.69) is 32.3 Å². The van der Waals surface area contributed by atoms with Crippen molar-refractivity contribution in [3.05, 3.63) is 64.3 Å². The Morgan fingerprint density at radius 1 is 1.09 bits per heavy atom. The maximum absolute atomic E-state index is 12.8. The number of hydrogen-bond donors (Lipinski definition) is 1. The molecule has 180 valence electrons. The molecule has 1 aromatic heterocycles. The van der Waals surface area contributed by atoms with E-state index in [9.17, 15) is 9.59 Å². The van der Waals surface area contributed by atoms with Crippen LogP contribution in [0.3, 0.4) is 0 Å². The molecule has 1 aliphatic heterocycles. The third-order valence-corrected chi connectivity index (χ3v) is 6.72. The maximum atomic E-state index is 12.8. The fourth-order valence-electron chi connectivity index (χ4n) is 4.42. The molecule has 1 fully saturated rings. The van der Waals surface area contributed by atoms with Gasteiger partial charge in [0.25, 0.3) is 11.8 Å². The molecule has 34 heavy (non-hydrogen) atoms. The Kier molecular flexibility index (Phi) is 6.99. The van der Waals surface area contributed by atoms with E-state index < -0.39 is 0 Å². The lowest BCUT2D eigenvalue weighted by Gasteiger charge is -2.32. The van der Waals surface area contributed by atoms with E-state index in [-0.39, 0.29) is 17.2 Å². The topological polar surface area (TPSA) is 67.2 Å². The summed E-state index contributed by atoms with van der Waals surface area (Å²) in [5.41, 5.74) is 3.27. The second-order valence-electron chi connectivity index (χ2n) is 10.5. The number of halogens is 1. The summed E-state index contributed by atoms with van der Waals surface area (Å²) in [6, 6.07) is 10.9. The monoisotopic (exact) mass is 480 g/mol. The highest BCUT2D eigenvalue weighted by atomic mass is 35.5. The Labute approximate surface area is 206 Å². The van der Waals surface area contributed by atoms with E-state index in [4.69, 9.17) is 16.7 Å². The van der Waals surface area contributed by atoms with E-state index in [1.807, 2.05) is 28.6 Å². The van der Waals surface area contributed by atoms with E-state index in [0.717, 1.165) is 48.9 Å². The molecule has 1 aliphatic rings. The Morgan fingerprint density at radius 3 is 2.41 bits per heavy atom. The van der Waals surface area contributed by atoms with Gasteiger partial charge in [-0.1, -0.05) is 32.4 Å². The van der Waals surface area contributed by atoms with Gasteiger partial charge in [-0.2, -0.15) is 5.10 Å². The summed E-state index contributed by atoms with van der Waals surface area (Å²) in [4.78, 5) is 27.4. The number of amides is 2. The molecule has 0 unspecified atom stereocenters. The number of benzene rings is 2. The number of aryl methyl sites for hydroxylation is 1. The highest BCUT2D eigenvalue weighted by Crippen LogP contribution is 2.25. The van der Waals surface area contributed by atoms with Crippen LogP contribution in [-0.4, -0.2) is 46.1 Å². The van der Waals surface area contributed by atoms with Crippen molar-refractivity contribution in [2.75, 3.05) is 19.6 Å². The zero-order valence-corrected chi connectivity index (χ0v) is 21.2. The van der Waals surface area contributed by atoms with Crippen LogP contribution in [-0.2, 0) is 6.54 Å². The van der Waals surface area contributed by atoms with Crippen LogP contribution in [0.25, 0.3) is 10.9 Å². The van der Waals surface area contributed by atoms with Gasteiger partial charge in [0.05, 0.1) is 5.52 Å². The lowest BCUT2D eigenvalue weighted by Crippen LogP contribution is -2.39. The van der Waals surface area contributed by atoms with Crippen LogP contribution in [0.4, 0.5) is 0 Å². The number of piperidine rings is 1. The summed E-state index contributed by atoms with van der Waals surface area (Å²) in [5, 5.41) is 9.44. The lowest BCUT2D eigenvalue weighted by molar-refractivity contribution is 0.0681. The Hall–Kier alpha value is -2.86. The van der Waals surface area contributed by atoms with Crippen LogP contribution >= 0.6 is 11.6 Å². The molecule has 3 aromatic rings. The molecule has 0 aliphatic carbocycles. The Morgan fingerprint density at radius 2 is 1.76 bits per heavy atom. The van der Waals surface area contributed by atoms with Crippen molar-refractivity contribution in [1.29, 1.82) is 0 Å². The highest BCUT2D eigenvalue weighted by molar-refractivity contribution is 6.30. The van der Waals surface area contributed by atoms with Crippen LogP contribution in [0, 0.1) is 18.3 Å². The first-order chi connectivity index (χ1) is 16.1. The van der Waals surface area contributed by atoms with Gasteiger partial charge in [-0.15, -0.1) is 0 Å². The molecule has 2 aromatic carbocycles. The van der Waals surface area contributed by atoms with Gasteiger partial charge in [0.15, 0.2) is 0 Å². The Balaban J connectivity index is 1.38. The van der Waals surface area contributed by atoms with Gasteiger partial charge >= 0.3 is 0 Å². The standard InChI is InChI=1S/C27H33ClN4O2/c1-18-22(25(33)29-17-27(2,3)4)9-10-24-23(18)16-32(30-24)15-19-11-13-31(14-12-19)26(34)20-5-7-21(28)8-6-20/h5-10,16,19H,11-15,17H2,1-4H3,(H,29,33). The first kappa shape index (κ1) is 24.3. The Bertz CT molecular complexity index is 1190. The third-order valence-electron chi connectivity index (χ3n) is 6.47. The molecule has 0 bridgehead atoms. The molecular formula is C27H33ClN4O2. The SMILES string of the molecule is Cc1c(C(=O)NCC(C)(C)C)ccc2nn(CC3CCN(C(=O)c4ccc(Cl)cc4)CC3)cc12. The summed E-state index contributed by atoms with van der Waals surface area (Å²) < 4.78 is 2.00. The van der Waals surface area contributed by atoms with E-state index in [1.54, 1.807) is 24.3 Å². The molecule has 0 atom stereocenters. The van der Waals surface area contributed by atoms with Crippen molar-refractivity contribution < 1.29 is 9.59 Å². The average Bonchev–Trinajstić information content (AvgIpc) is 3.21. The second kappa shape index (κ2) is 9.79. The number of hydrogen-bond acceptors (Lipinski definition) is 3. The van der Waals surface area contributed by atoms with Crippen molar-refractivity contribution in [2.45, 2.75) is 47.1 Å². The van der Waals surface area contributed by atoms with Gasteiger partial charge < -0.3 is 10.2 Å². The van der Waals surface area contributed by atoms with Crippen molar-refractivity contribution in [3.63, 3.8) is 0 Å². The van der Waals surface area contributed by atoms with Crippen molar-refractivity contribution >= 4 is 34.3 Å². The van der Waals surface area contributed by atoms with Crippen molar-refractivity contribution in [2.24, 2.45) is 11.3 Å². The summed E-state index contributed by atoms with van der Waals surface area (Å²) in [6.45, 7) is 11.2. The molecule has 0 radical (unpaired) electrons. The fraction of sp³-hybridized carbons (Fsp3) is 0.444. The molecule has 0 saturated carbocycles. The summed E-state index contributed by atoms with van der Waals surface area (Å²) in [5.74, 6) is 0.478. The number of nitrogens with zero attached hydrogens (tertiary/aromatic N) is 3. The van der Waals surface area contributed by atoms with E-state index in [0.29, 0.717) is 28.6 Å². The third kappa shape index (κ3) is 5.61. The number of nitrogens with one attached hydrogen (secondary N) is 1. The minimum atomic E-state index is -0.0419. The smallest absolute Gasteiger partial charge is 0.253 e. The lowest BCUT2D eigenvalue weighted by atomic mass is 9.96.